The second-order valence-corrected chi connectivity index (χ2v) is 6.33. The van der Waals surface area contributed by atoms with Crippen LogP contribution in [0, 0.1) is 5.92 Å². The molecule has 1 fully saturated rings. The minimum absolute atomic E-state index is 0.440. The van der Waals surface area contributed by atoms with E-state index < -0.39 is 0 Å². The van der Waals surface area contributed by atoms with Crippen LogP contribution in [0.4, 0.5) is 0 Å². The fourth-order valence-corrected chi connectivity index (χ4v) is 3.28. The summed E-state index contributed by atoms with van der Waals surface area (Å²) in [6.07, 6.45) is 9.72. The summed E-state index contributed by atoms with van der Waals surface area (Å²) in [4.78, 5) is 15.4. The molecule has 0 bridgehead atoms. The predicted molar refractivity (Wildman–Crippen MR) is 95.9 cm³/mol. The first-order chi connectivity index (χ1) is 11.8. The summed E-state index contributed by atoms with van der Waals surface area (Å²) in [5, 5.41) is 3.48. The van der Waals surface area contributed by atoms with Crippen LogP contribution >= 0.6 is 0 Å². The average Bonchev–Trinajstić information content (AvgIpc) is 3.15. The lowest BCUT2D eigenvalue weighted by molar-refractivity contribution is 0.189. The number of guanidine groups is 1. The summed E-state index contributed by atoms with van der Waals surface area (Å²) in [5.41, 5.74) is 1.10. The number of rotatable bonds is 4. The van der Waals surface area contributed by atoms with Gasteiger partial charge in [-0.2, -0.15) is 0 Å². The molecule has 1 aliphatic heterocycles. The number of likely N-dealkylation sites (tertiary alicyclic amines) is 1. The van der Waals surface area contributed by atoms with Crippen molar-refractivity contribution in [2.24, 2.45) is 10.9 Å². The van der Waals surface area contributed by atoms with Gasteiger partial charge in [0, 0.05) is 57.4 Å². The van der Waals surface area contributed by atoms with E-state index in [9.17, 15) is 0 Å². The van der Waals surface area contributed by atoms with Gasteiger partial charge < -0.3 is 14.8 Å². The van der Waals surface area contributed by atoms with E-state index in [4.69, 9.17) is 0 Å². The Morgan fingerprint density at radius 1 is 1.38 bits per heavy atom. The van der Waals surface area contributed by atoms with Crippen molar-refractivity contribution in [1.29, 1.82) is 0 Å². The van der Waals surface area contributed by atoms with Crippen LogP contribution in [-0.4, -0.2) is 52.1 Å². The van der Waals surface area contributed by atoms with Gasteiger partial charge in [-0.15, -0.1) is 0 Å². The Morgan fingerprint density at radius 2 is 2.29 bits per heavy atom. The van der Waals surface area contributed by atoms with E-state index in [0.717, 1.165) is 44.1 Å². The average molecular weight is 326 g/mol. The monoisotopic (exact) mass is 326 g/mol. The second-order valence-electron chi connectivity index (χ2n) is 6.33. The summed E-state index contributed by atoms with van der Waals surface area (Å²) < 4.78 is 2.22. The smallest absolute Gasteiger partial charge is 0.193 e. The molecule has 0 radical (unpaired) electrons. The molecule has 0 aliphatic carbocycles. The Balaban J connectivity index is 1.57. The Labute approximate surface area is 143 Å². The number of piperidine rings is 1. The van der Waals surface area contributed by atoms with E-state index >= 15 is 0 Å². The van der Waals surface area contributed by atoms with Crippen molar-refractivity contribution < 1.29 is 0 Å². The minimum Gasteiger partial charge on any atom is -0.356 e. The largest absolute Gasteiger partial charge is 0.356 e. The van der Waals surface area contributed by atoms with Gasteiger partial charge in [0.05, 0.1) is 12.4 Å². The van der Waals surface area contributed by atoms with E-state index in [1.165, 1.54) is 0 Å². The van der Waals surface area contributed by atoms with E-state index in [1.54, 1.807) is 0 Å². The minimum atomic E-state index is 0.440. The highest BCUT2D eigenvalue weighted by Crippen LogP contribution is 2.27. The van der Waals surface area contributed by atoms with Crippen LogP contribution in [0.1, 0.15) is 25.1 Å². The van der Waals surface area contributed by atoms with Crippen LogP contribution in [0.5, 0.6) is 0 Å². The van der Waals surface area contributed by atoms with Crippen molar-refractivity contribution in [3.63, 3.8) is 0 Å². The zero-order valence-electron chi connectivity index (χ0n) is 14.5. The molecular weight excluding hydrogens is 300 g/mol. The summed E-state index contributed by atoms with van der Waals surface area (Å²) in [6.45, 7) is 5.15. The highest BCUT2D eigenvalue weighted by Gasteiger charge is 2.28. The topological polar surface area (TPSA) is 58.3 Å². The van der Waals surface area contributed by atoms with Gasteiger partial charge in [-0.3, -0.25) is 9.98 Å². The molecule has 0 spiro atoms. The lowest BCUT2D eigenvalue weighted by atomic mass is 9.93. The standard InChI is InChI=1S/C18H26N6/c1-15-7-11-23(13-17(15)24-12-10-20-14-24)18(19-2)22-9-6-16-5-3-4-8-21-16/h3-5,8,10,12,14-15,17H,6-7,9,11,13H2,1-2H3,(H,19,22). The van der Waals surface area contributed by atoms with Gasteiger partial charge in [-0.05, 0) is 24.5 Å². The molecule has 6 heteroatoms. The first-order valence-corrected chi connectivity index (χ1v) is 8.61. The molecule has 128 valence electrons. The molecule has 24 heavy (non-hydrogen) atoms. The number of nitrogens with one attached hydrogen (secondary N) is 1. The number of imidazole rings is 1. The third kappa shape index (κ3) is 3.93. The third-order valence-electron chi connectivity index (χ3n) is 4.73. The molecule has 0 aromatic carbocycles. The summed E-state index contributed by atoms with van der Waals surface area (Å²) in [5.74, 6) is 1.62. The normalized spacial score (nSPS) is 21.8. The SMILES string of the molecule is CN=C(NCCc1ccccn1)N1CCC(C)C(n2ccnc2)C1. The van der Waals surface area contributed by atoms with E-state index in [2.05, 4.69) is 48.9 Å². The van der Waals surface area contributed by atoms with Gasteiger partial charge in [-0.25, -0.2) is 4.98 Å². The number of nitrogens with zero attached hydrogens (tertiary/aromatic N) is 5. The number of pyridine rings is 1. The van der Waals surface area contributed by atoms with Crippen molar-refractivity contribution >= 4 is 5.96 Å². The molecule has 2 aromatic rings. The summed E-state index contributed by atoms with van der Waals surface area (Å²) >= 11 is 0. The predicted octanol–water partition coefficient (Wildman–Crippen LogP) is 1.98. The zero-order valence-corrected chi connectivity index (χ0v) is 14.5. The quantitative estimate of drug-likeness (QED) is 0.689. The number of aromatic nitrogens is 3. The van der Waals surface area contributed by atoms with Crippen LogP contribution in [0.25, 0.3) is 0 Å². The van der Waals surface area contributed by atoms with Gasteiger partial charge in [0.1, 0.15) is 0 Å². The van der Waals surface area contributed by atoms with E-state index in [-0.39, 0.29) is 0 Å². The molecule has 3 rings (SSSR count). The van der Waals surface area contributed by atoms with Gasteiger partial charge in [0.2, 0.25) is 0 Å². The Kier molecular flexibility index (Phi) is 5.46. The molecule has 2 unspecified atom stereocenters. The fourth-order valence-electron chi connectivity index (χ4n) is 3.28. The van der Waals surface area contributed by atoms with Crippen molar-refractivity contribution in [3.05, 3.63) is 48.8 Å². The van der Waals surface area contributed by atoms with Crippen LogP contribution in [0.3, 0.4) is 0 Å². The Bertz CT molecular complexity index is 637. The lowest BCUT2D eigenvalue weighted by Gasteiger charge is -2.39. The number of hydrogen-bond donors (Lipinski definition) is 1. The van der Waals surface area contributed by atoms with Crippen molar-refractivity contribution in [2.45, 2.75) is 25.8 Å². The van der Waals surface area contributed by atoms with E-state index in [0.29, 0.717) is 12.0 Å². The van der Waals surface area contributed by atoms with Crippen molar-refractivity contribution in [1.82, 2.24) is 24.8 Å². The zero-order chi connectivity index (χ0) is 16.8. The Morgan fingerprint density at radius 3 is 3.00 bits per heavy atom. The molecule has 1 N–H and O–H groups in total. The van der Waals surface area contributed by atoms with Gasteiger partial charge in [0.15, 0.2) is 5.96 Å². The molecule has 2 atom stereocenters. The van der Waals surface area contributed by atoms with E-state index in [1.807, 2.05) is 37.9 Å². The molecule has 3 heterocycles. The van der Waals surface area contributed by atoms with Gasteiger partial charge in [0.25, 0.3) is 0 Å². The molecule has 0 amide bonds. The fraction of sp³-hybridized carbons (Fsp3) is 0.500. The molecule has 2 aromatic heterocycles. The summed E-state index contributed by atoms with van der Waals surface area (Å²) in [6, 6.07) is 6.47. The molecule has 6 nitrogen and oxygen atoms in total. The first kappa shape index (κ1) is 16.5. The molecule has 1 aliphatic rings. The van der Waals surface area contributed by atoms with Crippen molar-refractivity contribution in [3.8, 4) is 0 Å². The maximum absolute atomic E-state index is 4.47. The van der Waals surface area contributed by atoms with Crippen LogP contribution < -0.4 is 5.32 Å². The molecular formula is C18H26N6. The highest BCUT2D eigenvalue weighted by atomic mass is 15.3. The van der Waals surface area contributed by atoms with Crippen LogP contribution in [0.2, 0.25) is 0 Å². The van der Waals surface area contributed by atoms with Gasteiger partial charge in [-0.1, -0.05) is 13.0 Å². The first-order valence-electron chi connectivity index (χ1n) is 8.61. The second kappa shape index (κ2) is 7.95. The lowest BCUT2D eigenvalue weighted by Crippen LogP contribution is -2.49. The molecule has 1 saturated heterocycles. The maximum atomic E-state index is 4.47. The summed E-state index contributed by atoms with van der Waals surface area (Å²) in [7, 11) is 1.85. The third-order valence-corrected chi connectivity index (χ3v) is 4.73. The van der Waals surface area contributed by atoms with Gasteiger partial charge >= 0.3 is 0 Å². The van der Waals surface area contributed by atoms with Crippen molar-refractivity contribution in [2.75, 3.05) is 26.7 Å². The highest BCUT2D eigenvalue weighted by molar-refractivity contribution is 5.80. The molecule has 0 saturated carbocycles. The number of hydrogen-bond acceptors (Lipinski definition) is 3. The van der Waals surface area contributed by atoms with Crippen LogP contribution in [0.15, 0.2) is 48.1 Å². The maximum Gasteiger partial charge on any atom is 0.193 e. The van der Waals surface area contributed by atoms with Crippen LogP contribution in [-0.2, 0) is 6.42 Å². The number of aliphatic imine (C=N–C) groups is 1. The Hall–Kier alpha value is -2.37.